The molecular formula is C18H35N5O2. The molecule has 7 nitrogen and oxygen atoms in total. The lowest BCUT2D eigenvalue weighted by Crippen LogP contribution is -2.66. The average Bonchev–Trinajstić information content (AvgIpc) is 2.53. The highest BCUT2D eigenvalue weighted by Gasteiger charge is 2.40. The van der Waals surface area contributed by atoms with Crippen LogP contribution in [-0.4, -0.2) is 97.2 Å². The Morgan fingerprint density at radius 1 is 1.32 bits per heavy atom. The van der Waals surface area contributed by atoms with Crippen LogP contribution in [0.15, 0.2) is 4.99 Å². The monoisotopic (exact) mass is 353 g/mol. The maximum Gasteiger partial charge on any atom is 0.242 e. The minimum atomic E-state index is -0.204. The molecule has 0 bridgehead atoms. The summed E-state index contributed by atoms with van der Waals surface area (Å²) in [6.45, 7) is 17.7. The molecule has 0 aromatic heterocycles. The van der Waals surface area contributed by atoms with E-state index in [0.29, 0.717) is 6.54 Å². The van der Waals surface area contributed by atoms with Crippen LogP contribution in [0, 0.1) is 0 Å². The first-order valence-corrected chi connectivity index (χ1v) is 9.50. The van der Waals surface area contributed by atoms with E-state index in [0.717, 1.165) is 58.4 Å². The Hall–Kier alpha value is -1.34. The first-order chi connectivity index (χ1) is 11.8. The Morgan fingerprint density at radius 3 is 2.56 bits per heavy atom. The van der Waals surface area contributed by atoms with Gasteiger partial charge in [0.1, 0.15) is 0 Å². The number of piperazine rings is 1. The number of ether oxygens (including phenoxy) is 1. The van der Waals surface area contributed by atoms with Gasteiger partial charge < -0.3 is 19.9 Å². The number of nitrogens with one attached hydrogen (secondary N) is 1. The molecule has 0 aromatic rings. The number of amides is 1. The maximum absolute atomic E-state index is 12.7. The van der Waals surface area contributed by atoms with Crippen LogP contribution in [0.1, 0.15) is 34.6 Å². The van der Waals surface area contributed by atoms with Crippen molar-refractivity contribution in [3.63, 3.8) is 0 Å². The summed E-state index contributed by atoms with van der Waals surface area (Å²) in [7, 11) is 0. The van der Waals surface area contributed by atoms with Crippen molar-refractivity contribution in [2.75, 3.05) is 59.0 Å². The second-order valence-corrected chi connectivity index (χ2v) is 7.72. The van der Waals surface area contributed by atoms with E-state index >= 15 is 0 Å². The maximum atomic E-state index is 12.7. The minimum Gasteiger partial charge on any atom is -0.379 e. The number of hydrogen-bond donors (Lipinski definition) is 1. The molecule has 1 amide bonds. The summed E-state index contributed by atoms with van der Waals surface area (Å²) in [5.74, 6) is 1.02. The molecule has 0 spiro atoms. The molecule has 7 heteroatoms. The molecule has 0 unspecified atom stereocenters. The molecular weight excluding hydrogens is 318 g/mol. The van der Waals surface area contributed by atoms with Gasteiger partial charge in [-0.25, -0.2) is 0 Å². The molecule has 1 N–H and O–H groups in total. The summed E-state index contributed by atoms with van der Waals surface area (Å²) < 4.78 is 5.38. The highest BCUT2D eigenvalue weighted by atomic mass is 16.5. The van der Waals surface area contributed by atoms with Gasteiger partial charge in [-0.1, -0.05) is 0 Å². The average molecular weight is 354 g/mol. The van der Waals surface area contributed by atoms with Crippen LogP contribution in [-0.2, 0) is 9.53 Å². The van der Waals surface area contributed by atoms with Crippen LogP contribution in [0.2, 0.25) is 0 Å². The quantitative estimate of drug-likeness (QED) is 0.580. The second-order valence-electron chi connectivity index (χ2n) is 7.72. The van der Waals surface area contributed by atoms with Gasteiger partial charge in [0, 0.05) is 38.8 Å². The van der Waals surface area contributed by atoms with Crippen molar-refractivity contribution in [2.45, 2.75) is 46.2 Å². The summed E-state index contributed by atoms with van der Waals surface area (Å²) in [5, 5.41) is 3.35. The Morgan fingerprint density at radius 2 is 2.00 bits per heavy atom. The molecule has 0 radical (unpaired) electrons. The fraction of sp³-hybridized carbons (Fsp3) is 0.889. The van der Waals surface area contributed by atoms with Gasteiger partial charge in [-0.2, -0.15) is 0 Å². The van der Waals surface area contributed by atoms with E-state index in [2.05, 4.69) is 49.7 Å². The van der Waals surface area contributed by atoms with Crippen molar-refractivity contribution >= 4 is 11.9 Å². The van der Waals surface area contributed by atoms with Crippen LogP contribution in [0.4, 0.5) is 0 Å². The van der Waals surface area contributed by atoms with Gasteiger partial charge >= 0.3 is 0 Å². The molecule has 0 atom stereocenters. The van der Waals surface area contributed by atoms with E-state index in [1.54, 1.807) is 0 Å². The van der Waals surface area contributed by atoms with Gasteiger partial charge in [0.05, 0.1) is 31.8 Å². The van der Waals surface area contributed by atoms with Gasteiger partial charge in [0.15, 0.2) is 5.96 Å². The van der Waals surface area contributed by atoms with Gasteiger partial charge in [-0.3, -0.25) is 14.7 Å². The summed E-state index contributed by atoms with van der Waals surface area (Å²) in [4.78, 5) is 23.9. The van der Waals surface area contributed by atoms with E-state index in [1.165, 1.54) is 0 Å². The zero-order valence-electron chi connectivity index (χ0n) is 16.5. The second kappa shape index (κ2) is 8.85. The predicted octanol–water partition coefficient (Wildman–Crippen LogP) is 0.615. The van der Waals surface area contributed by atoms with E-state index in [9.17, 15) is 4.79 Å². The molecule has 2 heterocycles. The molecule has 0 saturated carbocycles. The van der Waals surface area contributed by atoms with Crippen molar-refractivity contribution in [3.8, 4) is 0 Å². The first-order valence-electron chi connectivity index (χ1n) is 9.50. The normalized spacial score (nSPS) is 22.6. The Labute approximate surface area is 152 Å². The number of hydrogen-bond acceptors (Lipinski definition) is 4. The smallest absolute Gasteiger partial charge is 0.242 e. The lowest BCUT2D eigenvalue weighted by Gasteiger charge is -2.49. The Bertz CT molecular complexity index is 472. The fourth-order valence-electron chi connectivity index (χ4n) is 3.86. The summed E-state index contributed by atoms with van der Waals surface area (Å²) in [6.07, 6.45) is 0. The van der Waals surface area contributed by atoms with Crippen LogP contribution in [0.25, 0.3) is 0 Å². The third-order valence-corrected chi connectivity index (χ3v) is 4.76. The molecule has 144 valence electrons. The van der Waals surface area contributed by atoms with Gasteiger partial charge in [-0.05, 0) is 34.6 Å². The number of rotatable bonds is 5. The van der Waals surface area contributed by atoms with Crippen LogP contribution < -0.4 is 5.32 Å². The highest BCUT2D eigenvalue weighted by Crippen LogP contribution is 2.24. The fourth-order valence-corrected chi connectivity index (χ4v) is 3.86. The number of aliphatic imine (C=N–C) groups is 1. The van der Waals surface area contributed by atoms with Crippen LogP contribution in [0.3, 0.4) is 0 Å². The summed E-state index contributed by atoms with van der Waals surface area (Å²) in [5.41, 5.74) is -0.204. The van der Waals surface area contributed by atoms with E-state index in [1.807, 2.05) is 4.90 Å². The number of carbonyl (C=O) groups is 1. The van der Waals surface area contributed by atoms with Crippen LogP contribution in [0.5, 0.6) is 0 Å². The van der Waals surface area contributed by atoms with E-state index < -0.39 is 0 Å². The molecule has 2 aliphatic heterocycles. The predicted molar refractivity (Wildman–Crippen MR) is 101 cm³/mol. The molecule has 2 saturated heterocycles. The van der Waals surface area contributed by atoms with Crippen molar-refractivity contribution in [1.29, 1.82) is 0 Å². The van der Waals surface area contributed by atoms with Gasteiger partial charge in [0.2, 0.25) is 5.91 Å². The zero-order chi connectivity index (χ0) is 18.4. The van der Waals surface area contributed by atoms with Crippen molar-refractivity contribution in [2.24, 2.45) is 4.99 Å². The van der Waals surface area contributed by atoms with E-state index in [-0.39, 0.29) is 17.5 Å². The molecule has 2 fully saturated rings. The molecule has 0 aromatic carbocycles. The third-order valence-electron chi connectivity index (χ3n) is 4.76. The van der Waals surface area contributed by atoms with Gasteiger partial charge in [0.25, 0.3) is 0 Å². The Kier molecular flexibility index (Phi) is 7.07. The number of carbonyl (C=O) groups excluding carboxylic acids is 1. The molecule has 25 heavy (non-hydrogen) atoms. The largest absolute Gasteiger partial charge is 0.379 e. The van der Waals surface area contributed by atoms with Crippen molar-refractivity contribution in [3.05, 3.63) is 0 Å². The Balaban J connectivity index is 2.01. The lowest BCUT2D eigenvalue weighted by atomic mass is 9.96. The lowest BCUT2D eigenvalue weighted by molar-refractivity contribution is -0.145. The van der Waals surface area contributed by atoms with Crippen molar-refractivity contribution < 1.29 is 9.53 Å². The number of nitrogens with zero attached hydrogens (tertiary/aromatic N) is 4. The molecule has 2 aliphatic rings. The van der Waals surface area contributed by atoms with Crippen molar-refractivity contribution in [1.82, 2.24) is 20.0 Å². The third kappa shape index (κ3) is 5.31. The summed E-state index contributed by atoms with van der Waals surface area (Å²) in [6, 6.07) is 0.213. The number of morpholine rings is 1. The van der Waals surface area contributed by atoms with E-state index in [4.69, 9.17) is 9.73 Å². The molecule has 2 rings (SSSR count). The SMILES string of the molecule is CCNC(=NCCN1CCOCC1)N1CC(=O)N(C(C)C)C(C)(C)C1. The minimum absolute atomic E-state index is 0.171. The number of guanidine groups is 1. The van der Waals surface area contributed by atoms with Crippen LogP contribution >= 0.6 is 0 Å². The zero-order valence-corrected chi connectivity index (χ0v) is 16.5. The standard InChI is InChI=1S/C18H35N5O2/c1-6-19-17(20-7-8-21-9-11-25-12-10-21)22-13-16(24)23(15(2)3)18(4,5)14-22/h15H,6-14H2,1-5H3,(H,19,20). The van der Waals surface area contributed by atoms with Gasteiger partial charge in [-0.15, -0.1) is 0 Å². The summed E-state index contributed by atoms with van der Waals surface area (Å²) >= 11 is 0. The topological polar surface area (TPSA) is 60.4 Å². The first kappa shape index (κ1) is 20.0. The molecule has 0 aliphatic carbocycles. The highest BCUT2D eigenvalue weighted by molar-refractivity contribution is 5.88.